The number of unbranched alkanes of at least 4 members (excludes halogenated alkanes) is 25. The summed E-state index contributed by atoms with van der Waals surface area (Å²) in [5.74, 6) is -0.846. The van der Waals surface area contributed by atoms with E-state index in [2.05, 4.69) is 123 Å². The Hall–Kier alpha value is -3.33. The highest BCUT2D eigenvalue weighted by molar-refractivity contribution is 7.45. The van der Waals surface area contributed by atoms with Crippen molar-refractivity contribution < 1.29 is 42.1 Å². The smallest absolute Gasteiger partial charge is 0.306 e. The van der Waals surface area contributed by atoms with E-state index in [-0.39, 0.29) is 32.0 Å². The summed E-state index contributed by atoms with van der Waals surface area (Å²) in [6, 6.07) is 0. The topological polar surface area (TPSA) is 111 Å². The zero-order chi connectivity index (χ0) is 57.0. The van der Waals surface area contributed by atoms with Gasteiger partial charge in [0.05, 0.1) is 27.7 Å². The highest BCUT2D eigenvalue weighted by Gasteiger charge is 2.22. The van der Waals surface area contributed by atoms with Crippen LogP contribution in [0.4, 0.5) is 0 Å². The standard InChI is InChI=1S/C68H118NO8P/c1-6-8-10-12-14-16-18-20-22-24-26-28-29-30-31-32-33-34-35-36-37-38-39-41-43-45-47-49-51-53-55-57-59-61-68(71)77-66(65-76-78(72,73)75-63-62-69(3,4)5)64-74-67(70)60-58-56-54-52-50-48-46-44-42-40-27-25-23-21-19-17-15-13-11-9-7-2/h8,10,14,16,20,22,25-28,30-31,33-34,36-37,39,41,66H,6-7,9,11-13,15,17-19,21,23-24,29,32,35,38,40,42-65H2,1-5H3/b10-8-,16-14-,22-20-,27-25-,28-26-,31-30-,34-33-,37-36-,41-39-. The molecule has 2 atom stereocenters. The summed E-state index contributed by atoms with van der Waals surface area (Å²) in [5, 5.41) is 0. The third-order valence-corrected chi connectivity index (χ3v) is 14.2. The lowest BCUT2D eigenvalue weighted by molar-refractivity contribution is -0.870. The molecule has 0 bridgehead atoms. The molecule has 0 N–H and O–H groups in total. The fourth-order valence-electron chi connectivity index (χ4n) is 8.43. The molecule has 0 aromatic heterocycles. The Balaban J connectivity index is 4.17. The number of carbonyl (C=O) groups is 2. The van der Waals surface area contributed by atoms with Gasteiger partial charge in [-0.25, -0.2) is 0 Å². The molecule has 0 amide bonds. The lowest BCUT2D eigenvalue weighted by atomic mass is 10.1. The minimum atomic E-state index is -4.65. The van der Waals surface area contributed by atoms with E-state index in [0.717, 1.165) is 96.3 Å². The van der Waals surface area contributed by atoms with Crippen LogP contribution < -0.4 is 4.89 Å². The van der Waals surface area contributed by atoms with Crippen LogP contribution in [0.3, 0.4) is 0 Å². The third kappa shape index (κ3) is 61.9. The Bertz CT molecular complexity index is 1680. The molecule has 2 unspecified atom stereocenters. The summed E-state index contributed by atoms with van der Waals surface area (Å²) in [6.07, 6.45) is 81.4. The van der Waals surface area contributed by atoms with Gasteiger partial charge in [0, 0.05) is 12.8 Å². The summed E-state index contributed by atoms with van der Waals surface area (Å²) in [7, 11) is 1.15. The first-order valence-electron chi connectivity index (χ1n) is 31.6. The second-order valence-corrected chi connectivity index (χ2v) is 23.4. The number of hydrogen-bond acceptors (Lipinski definition) is 8. The van der Waals surface area contributed by atoms with Crippen molar-refractivity contribution in [3.8, 4) is 0 Å². The number of carbonyl (C=O) groups excluding carboxylic acids is 2. The number of nitrogens with zero attached hydrogens (tertiary/aromatic N) is 1. The van der Waals surface area contributed by atoms with Crippen LogP contribution in [0.25, 0.3) is 0 Å². The molecule has 0 saturated carbocycles. The summed E-state index contributed by atoms with van der Waals surface area (Å²) in [4.78, 5) is 38.0. The number of esters is 2. The second-order valence-electron chi connectivity index (χ2n) is 22.0. The summed E-state index contributed by atoms with van der Waals surface area (Å²) in [5.41, 5.74) is 0. The first kappa shape index (κ1) is 74.7. The fourth-order valence-corrected chi connectivity index (χ4v) is 9.16. The first-order valence-corrected chi connectivity index (χ1v) is 33.1. The zero-order valence-corrected chi connectivity index (χ0v) is 51.7. The molecule has 448 valence electrons. The maximum absolute atomic E-state index is 12.8. The van der Waals surface area contributed by atoms with E-state index in [1.54, 1.807) is 0 Å². The van der Waals surface area contributed by atoms with E-state index >= 15 is 0 Å². The van der Waals surface area contributed by atoms with Crippen LogP contribution in [0.2, 0.25) is 0 Å². The number of ether oxygens (including phenoxy) is 2. The summed E-state index contributed by atoms with van der Waals surface area (Å²) < 4.78 is 34.2. The molecule has 0 fully saturated rings. The molecule has 0 heterocycles. The Morgan fingerprint density at radius 1 is 0.410 bits per heavy atom. The molecule has 0 aliphatic rings. The summed E-state index contributed by atoms with van der Waals surface area (Å²) in [6.45, 7) is 4.12. The van der Waals surface area contributed by atoms with E-state index in [9.17, 15) is 19.0 Å². The van der Waals surface area contributed by atoms with Gasteiger partial charge in [-0.1, -0.05) is 252 Å². The number of likely N-dealkylation sites (N-methyl/N-ethyl adjacent to an activating group) is 1. The first-order chi connectivity index (χ1) is 38.0. The fraction of sp³-hybridized carbons (Fsp3) is 0.706. The van der Waals surface area contributed by atoms with Crippen LogP contribution in [-0.2, 0) is 32.7 Å². The van der Waals surface area contributed by atoms with Gasteiger partial charge < -0.3 is 27.9 Å². The molecule has 9 nitrogen and oxygen atoms in total. The maximum Gasteiger partial charge on any atom is 0.306 e. The van der Waals surface area contributed by atoms with Gasteiger partial charge in [0.1, 0.15) is 19.8 Å². The molecule has 0 saturated heterocycles. The molecule has 0 radical (unpaired) electrons. The minimum Gasteiger partial charge on any atom is -0.756 e. The van der Waals surface area contributed by atoms with Gasteiger partial charge in [-0.2, -0.15) is 0 Å². The predicted octanol–water partition coefficient (Wildman–Crippen LogP) is 19.5. The van der Waals surface area contributed by atoms with Gasteiger partial charge in [-0.15, -0.1) is 0 Å². The SMILES string of the molecule is CC/C=C\C/C=C\C/C=C\C/C=C\C/C=C\C/C=C\C/C=C\C/C=C\CCCCCCCCCCC(=O)OC(COC(=O)CCCCCCCCCCC/C=C\CCCCCCCCCC)COP(=O)([O-])OCC[N+](C)(C)C. The molecular weight excluding hydrogens is 990 g/mol. The molecule has 0 aliphatic heterocycles. The van der Waals surface area contributed by atoms with E-state index in [1.807, 2.05) is 21.1 Å². The zero-order valence-electron chi connectivity index (χ0n) is 50.8. The van der Waals surface area contributed by atoms with Crippen LogP contribution in [-0.4, -0.2) is 70.0 Å². The molecule has 78 heavy (non-hydrogen) atoms. The number of rotatable bonds is 57. The van der Waals surface area contributed by atoms with Crippen molar-refractivity contribution in [3.63, 3.8) is 0 Å². The average Bonchev–Trinajstić information content (AvgIpc) is 3.41. The van der Waals surface area contributed by atoms with Gasteiger partial charge >= 0.3 is 11.9 Å². The number of hydrogen-bond donors (Lipinski definition) is 0. The number of allylic oxidation sites excluding steroid dienone is 18. The number of phosphoric ester groups is 1. The van der Waals surface area contributed by atoms with E-state index in [4.69, 9.17) is 18.5 Å². The van der Waals surface area contributed by atoms with Crippen molar-refractivity contribution in [2.75, 3.05) is 47.5 Å². The highest BCUT2D eigenvalue weighted by atomic mass is 31.2. The summed E-state index contributed by atoms with van der Waals surface area (Å²) >= 11 is 0. The van der Waals surface area contributed by atoms with E-state index < -0.39 is 26.5 Å². The molecule has 10 heteroatoms. The van der Waals surface area contributed by atoms with Crippen LogP contribution in [0.1, 0.15) is 258 Å². The van der Waals surface area contributed by atoms with Crippen LogP contribution in [0.5, 0.6) is 0 Å². The Morgan fingerprint density at radius 3 is 1.10 bits per heavy atom. The predicted molar refractivity (Wildman–Crippen MR) is 332 cm³/mol. The Morgan fingerprint density at radius 2 is 0.731 bits per heavy atom. The average molecular weight is 1110 g/mol. The molecule has 0 aliphatic carbocycles. The van der Waals surface area contributed by atoms with Crippen molar-refractivity contribution in [1.82, 2.24) is 0 Å². The lowest BCUT2D eigenvalue weighted by Crippen LogP contribution is -2.37. The molecular formula is C68H118NO8P. The molecule has 0 aromatic carbocycles. The van der Waals surface area contributed by atoms with Gasteiger partial charge in [-0.05, 0) is 103 Å². The third-order valence-electron chi connectivity index (χ3n) is 13.3. The van der Waals surface area contributed by atoms with Gasteiger partial charge in [0.2, 0.25) is 0 Å². The molecule has 0 spiro atoms. The van der Waals surface area contributed by atoms with E-state index in [0.29, 0.717) is 17.4 Å². The number of phosphoric acid groups is 1. The van der Waals surface area contributed by atoms with Crippen LogP contribution >= 0.6 is 7.82 Å². The minimum absolute atomic E-state index is 0.0376. The van der Waals surface area contributed by atoms with Crippen LogP contribution in [0, 0.1) is 0 Å². The van der Waals surface area contributed by atoms with Crippen molar-refractivity contribution in [3.05, 3.63) is 109 Å². The van der Waals surface area contributed by atoms with Crippen LogP contribution in [0.15, 0.2) is 109 Å². The van der Waals surface area contributed by atoms with Gasteiger partial charge in [-0.3, -0.25) is 14.2 Å². The lowest BCUT2D eigenvalue weighted by Gasteiger charge is -2.28. The highest BCUT2D eigenvalue weighted by Crippen LogP contribution is 2.38. The van der Waals surface area contributed by atoms with Crippen molar-refractivity contribution >= 4 is 19.8 Å². The monoisotopic (exact) mass is 1110 g/mol. The van der Waals surface area contributed by atoms with Gasteiger partial charge in [0.15, 0.2) is 6.10 Å². The second kappa shape index (κ2) is 58.3. The molecule has 0 rings (SSSR count). The quantitative estimate of drug-likeness (QED) is 0.0195. The Labute approximate surface area is 480 Å². The largest absolute Gasteiger partial charge is 0.756 e. The number of quaternary nitrogens is 1. The Kier molecular flexibility index (Phi) is 55.8. The van der Waals surface area contributed by atoms with E-state index in [1.165, 1.54) is 128 Å². The van der Waals surface area contributed by atoms with Crippen molar-refractivity contribution in [2.24, 2.45) is 0 Å². The van der Waals surface area contributed by atoms with Crippen molar-refractivity contribution in [1.29, 1.82) is 0 Å². The van der Waals surface area contributed by atoms with Crippen molar-refractivity contribution in [2.45, 2.75) is 264 Å². The maximum atomic E-state index is 12.8. The normalized spacial score (nSPS) is 14.0. The van der Waals surface area contributed by atoms with Gasteiger partial charge in [0.25, 0.3) is 7.82 Å². The molecule has 0 aromatic rings.